The number of amides is 1. The minimum absolute atomic E-state index is 0.0980. The van der Waals surface area contributed by atoms with Crippen LogP contribution in [0.2, 0.25) is 0 Å². The summed E-state index contributed by atoms with van der Waals surface area (Å²) < 4.78 is 3.58. The first-order valence-corrected chi connectivity index (χ1v) is 8.85. The molecule has 0 aliphatic heterocycles. The van der Waals surface area contributed by atoms with Gasteiger partial charge in [0.1, 0.15) is 0 Å². The number of hydrogen-bond donors (Lipinski definition) is 1. The number of nitrogens with zero attached hydrogens (tertiary/aromatic N) is 5. The first-order chi connectivity index (χ1) is 13.2. The fraction of sp³-hybridized carbons (Fsp3) is 0.200. The van der Waals surface area contributed by atoms with Crippen LogP contribution in [0.5, 0.6) is 0 Å². The van der Waals surface area contributed by atoms with Gasteiger partial charge in [0.2, 0.25) is 0 Å². The van der Waals surface area contributed by atoms with Crippen LogP contribution in [0, 0.1) is 0 Å². The van der Waals surface area contributed by atoms with E-state index in [-0.39, 0.29) is 5.91 Å². The molecule has 0 atom stereocenters. The van der Waals surface area contributed by atoms with Crippen LogP contribution in [0.3, 0.4) is 0 Å². The van der Waals surface area contributed by atoms with Crippen LogP contribution in [-0.2, 0) is 13.6 Å². The number of aromatic nitrogens is 5. The van der Waals surface area contributed by atoms with Crippen LogP contribution in [0.1, 0.15) is 16.8 Å². The number of aryl methyl sites for hydroxylation is 2. The number of para-hydroxylation sites is 1. The van der Waals surface area contributed by atoms with Crippen molar-refractivity contribution in [3.05, 3.63) is 66.7 Å². The Kier molecular flexibility index (Phi) is 4.65. The molecule has 27 heavy (non-hydrogen) atoms. The highest BCUT2D eigenvalue weighted by Crippen LogP contribution is 2.24. The average Bonchev–Trinajstić information content (AvgIpc) is 3.36. The van der Waals surface area contributed by atoms with Crippen molar-refractivity contribution in [2.75, 3.05) is 6.54 Å². The van der Waals surface area contributed by atoms with Crippen molar-refractivity contribution in [2.45, 2.75) is 13.0 Å². The van der Waals surface area contributed by atoms with Gasteiger partial charge in [-0.3, -0.25) is 14.2 Å². The lowest BCUT2D eigenvalue weighted by atomic mass is 10.0. The highest BCUT2D eigenvalue weighted by atomic mass is 16.1. The Hall–Kier alpha value is -3.48. The molecule has 0 radical (unpaired) electrons. The molecular weight excluding hydrogens is 340 g/mol. The summed E-state index contributed by atoms with van der Waals surface area (Å²) in [4.78, 5) is 17.5. The first-order valence-electron chi connectivity index (χ1n) is 8.85. The molecule has 3 aromatic heterocycles. The third-order valence-electron chi connectivity index (χ3n) is 4.37. The second-order valence-corrected chi connectivity index (χ2v) is 6.35. The van der Waals surface area contributed by atoms with Gasteiger partial charge in [0.05, 0.1) is 23.0 Å². The summed E-state index contributed by atoms with van der Waals surface area (Å²) in [5.41, 5.74) is 3.04. The van der Waals surface area contributed by atoms with Gasteiger partial charge >= 0.3 is 0 Å². The zero-order chi connectivity index (χ0) is 18.6. The summed E-state index contributed by atoms with van der Waals surface area (Å²) in [5, 5.41) is 12.2. The number of carbonyl (C=O) groups excluding carboxylic acids is 1. The quantitative estimate of drug-likeness (QED) is 0.536. The van der Waals surface area contributed by atoms with Crippen LogP contribution in [0.25, 0.3) is 22.2 Å². The van der Waals surface area contributed by atoms with Gasteiger partial charge in [-0.1, -0.05) is 18.2 Å². The van der Waals surface area contributed by atoms with E-state index in [2.05, 4.69) is 20.5 Å². The lowest BCUT2D eigenvalue weighted by Crippen LogP contribution is -2.25. The molecule has 1 amide bonds. The smallest absolute Gasteiger partial charge is 0.252 e. The van der Waals surface area contributed by atoms with Gasteiger partial charge in [-0.05, 0) is 24.6 Å². The zero-order valence-electron chi connectivity index (χ0n) is 15.0. The lowest BCUT2D eigenvalue weighted by Gasteiger charge is -2.10. The van der Waals surface area contributed by atoms with E-state index in [1.165, 1.54) is 0 Å². The maximum atomic E-state index is 12.8. The van der Waals surface area contributed by atoms with Gasteiger partial charge in [0.25, 0.3) is 5.91 Å². The maximum absolute atomic E-state index is 12.8. The Bertz CT molecular complexity index is 1070. The summed E-state index contributed by atoms with van der Waals surface area (Å²) in [5.74, 6) is -0.0980. The van der Waals surface area contributed by atoms with Gasteiger partial charge in [0.15, 0.2) is 0 Å². The number of fused-ring (bicyclic) bond motifs is 1. The van der Waals surface area contributed by atoms with Crippen molar-refractivity contribution >= 4 is 16.8 Å². The number of rotatable bonds is 6. The Morgan fingerprint density at radius 2 is 2.07 bits per heavy atom. The number of carbonyl (C=O) groups is 1. The molecule has 0 fully saturated rings. The van der Waals surface area contributed by atoms with Gasteiger partial charge in [0, 0.05) is 49.7 Å². The molecule has 1 aromatic carbocycles. The molecule has 0 aliphatic carbocycles. The Morgan fingerprint density at radius 1 is 1.19 bits per heavy atom. The molecule has 0 aliphatic rings. The van der Waals surface area contributed by atoms with Crippen molar-refractivity contribution in [1.29, 1.82) is 0 Å². The molecule has 0 unspecified atom stereocenters. The Balaban J connectivity index is 1.56. The number of benzene rings is 1. The van der Waals surface area contributed by atoms with Gasteiger partial charge in [-0.2, -0.15) is 10.2 Å². The number of hydrogen-bond acceptors (Lipinski definition) is 4. The zero-order valence-corrected chi connectivity index (χ0v) is 15.0. The van der Waals surface area contributed by atoms with Crippen molar-refractivity contribution in [3.8, 4) is 11.3 Å². The second kappa shape index (κ2) is 7.41. The Labute approximate surface area is 156 Å². The monoisotopic (exact) mass is 360 g/mol. The van der Waals surface area contributed by atoms with Crippen LogP contribution in [-0.4, -0.2) is 37.0 Å². The maximum Gasteiger partial charge on any atom is 0.252 e. The van der Waals surface area contributed by atoms with Crippen LogP contribution in [0.15, 0.2) is 61.2 Å². The molecule has 1 N–H and O–H groups in total. The van der Waals surface area contributed by atoms with E-state index in [1.807, 2.05) is 60.5 Å². The highest BCUT2D eigenvalue weighted by molar-refractivity contribution is 6.07. The summed E-state index contributed by atoms with van der Waals surface area (Å²) >= 11 is 0. The standard InChI is InChI=1S/C20H20N6O/c1-25-14-15(13-23-25)19-12-17(16-6-2-3-7-18(16)24-19)20(27)21-8-4-10-26-11-5-9-22-26/h2-3,5-7,9,11-14H,4,8,10H2,1H3,(H,21,27). The SMILES string of the molecule is Cn1cc(-c2cc(C(=O)NCCCn3cccn3)c3ccccc3n2)cn1. The summed E-state index contributed by atoms with van der Waals surface area (Å²) in [7, 11) is 1.86. The molecule has 7 nitrogen and oxygen atoms in total. The molecular formula is C20H20N6O. The van der Waals surface area contributed by atoms with Gasteiger partial charge < -0.3 is 5.32 Å². The fourth-order valence-corrected chi connectivity index (χ4v) is 3.04. The molecule has 0 bridgehead atoms. The van der Waals surface area contributed by atoms with E-state index in [0.717, 1.165) is 35.1 Å². The molecule has 3 heterocycles. The highest BCUT2D eigenvalue weighted by Gasteiger charge is 2.14. The molecule has 0 spiro atoms. The first kappa shape index (κ1) is 17.0. The van der Waals surface area contributed by atoms with E-state index in [0.29, 0.717) is 12.1 Å². The topological polar surface area (TPSA) is 77.6 Å². The summed E-state index contributed by atoms with van der Waals surface area (Å²) in [6.45, 7) is 1.35. The number of nitrogens with one attached hydrogen (secondary N) is 1. The van der Waals surface area contributed by atoms with Crippen molar-refractivity contribution < 1.29 is 4.79 Å². The Morgan fingerprint density at radius 3 is 2.85 bits per heavy atom. The summed E-state index contributed by atoms with van der Waals surface area (Å²) in [6.07, 6.45) is 8.12. The van der Waals surface area contributed by atoms with Crippen LogP contribution < -0.4 is 5.32 Å². The van der Waals surface area contributed by atoms with E-state index in [1.54, 1.807) is 17.1 Å². The van der Waals surface area contributed by atoms with Crippen LogP contribution in [0.4, 0.5) is 0 Å². The van der Waals surface area contributed by atoms with Crippen molar-refractivity contribution in [2.24, 2.45) is 7.05 Å². The van der Waals surface area contributed by atoms with E-state index in [9.17, 15) is 4.79 Å². The predicted octanol–water partition coefficient (Wildman–Crippen LogP) is 2.65. The molecule has 0 saturated carbocycles. The van der Waals surface area contributed by atoms with E-state index < -0.39 is 0 Å². The molecule has 0 saturated heterocycles. The fourth-order valence-electron chi connectivity index (χ4n) is 3.04. The van der Waals surface area contributed by atoms with Crippen LogP contribution >= 0.6 is 0 Å². The molecule has 4 rings (SSSR count). The van der Waals surface area contributed by atoms with E-state index >= 15 is 0 Å². The third-order valence-corrected chi connectivity index (χ3v) is 4.37. The van der Waals surface area contributed by atoms with E-state index in [4.69, 9.17) is 0 Å². The molecule has 7 heteroatoms. The molecule has 136 valence electrons. The van der Waals surface area contributed by atoms with Gasteiger partial charge in [-0.15, -0.1) is 0 Å². The number of pyridine rings is 1. The minimum atomic E-state index is -0.0980. The van der Waals surface area contributed by atoms with Crippen molar-refractivity contribution in [1.82, 2.24) is 29.9 Å². The largest absolute Gasteiger partial charge is 0.352 e. The normalized spacial score (nSPS) is 11.0. The van der Waals surface area contributed by atoms with Crippen molar-refractivity contribution in [3.63, 3.8) is 0 Å². The predicted molar refractivity (Wildman–Crippen MR) is 103 cm³/mol. The average molecular weight is 360 g/mol. The van der Waals surface area contributed by atoms with Gasteiger partial charge in [-0.25, -0.2) is 4.98 Å². The lowest BCUT2D eigenvalue weighted by molar-refractivity contribution is 0.0954. The molecule has 4 aromatic rings. The summed E-state index contributed by atoms with van der Waals surface area (Å²) in [6, 6.07) is 11.4. The minimum Gasteiger partial charge on any atom is -0.352 e. The third kappa shape index (κ3) is 3.72. The second-order valence-electron chi connectivity index (χ2n) is 6.35.